The molecule has 1 heterocycles. The zero-order valence-electron chi connectivity index (χ0n) is 16.7. The highest BCUT2D eigenvalue weighted by Gasteiger charge is 2.15. The van der Waals surface area contributed by atoms with Crippen molar-refractivity contribution in [3.05, 3.63) is 70.4 Å². The largest absolute Gasteiger partial charge is 0.465 e. The van der Waals surface area contributed by atoms with E-state index in [-0.39, 0.29) is 5.97 Å². The fourth-order valence-corrected chi connectivity index (χ4v) is 3.84. The lowest BCUT2D eigenvalue weighted by atomic mass is 9.92. The topological polar surface area (TPSA) is 64.1 Å². The molecule has 0 atom stereocenters. The van der Waals surface area contributed by atoms with E-state index in [2.05, 4.69) is 53.7 Å². The van der Waals surface area contributed by atoms with Gasteiger partial charge in [-0.1, -0.05) is 49.7 Å². The van der Waals surface area contributed by atoms with Crippen molar-refractivity contribution in [1.82, 2.24) is 9.97 Å². The van der Waals surface area contributed by atoms with Crippen LogP contribution in [0.2, 0.25) is 5.15 Å². The first kappa shape index (κ1) is 21.1. The molecular formula is C22H22ClN3O2S. The van der Waals surface area contributed by atoms with Gasteiger partial charge in [-0.3, -0.25) is 4.72 Å². The smallest absolute Gasteiger partial charge is 0.337 e. The lowest BCUT2D eigenvalue weighted by molar-refractivity contribution is 0.0600. The number of benzene rings is 2. The Morgan fingerprint density at radius 3 is 2.62 bits per heavy atom. The number of aryl methyl sites for hydroxylation is 1. The number of carbonyl (C=O) groups excluding carboxylic acids is 1. The minimum Gasteiger partial charge on any atom is -0.465 e. The van der Waals surface area contributed by atoms with Crippen molar-refractivity contribution in [2.45, 2.75) is 31.6 Å². The first-order valence-electron chi connectivity index (χ1n) is 9.14. The van der Waals surface area contributed by atoms with E-state index in [4.69, 9.17) is 16.3 Å². The van der Waals surface area contributed by atoms with Crippen molar-refractivity contribution in [3.63, 3.8) is 0 Å². The number of rotatable bonds is 6. The lowest BCUT2D eigenvalue weighted by Crippen LogP contribution is -2.02. The average molecular weight is 428 g/mol. The zero-order valence-corrected chi connectivity index (χ0v) is 18.3. The van der Waals surface area contributed by atoms with E-state index in [1.165, 1.54) is 24.6 Å². The molecule has 1 aromatic heterocycles. The Balaban J connectivity index is 1.89. The van der Waals surface area contributed by atoms with E-state index >= 15 is 0 Å². The molecule has 3 aromatic rings. The average Bonchev–Trinajstić information content (AvgIpc) is 2.71. The van der Waals surface area contributed by atoms with Crippen LogP contribution in [0.25, 0.3) is 11.3 Å². The molecule has 0 aliphatic carbocycles. The molecule has 0 bridgehead atoms. The number of hydrogen-bond donors (Lipinski definition) is 1. The minimum atomic E-state index is -0.380. The van der Waals surface area contributed by atoms with Gasteiger partial charge in [-0.2, -0.15) is 0 Å². The quantitative estimate of drug-likeness (QED) is 0.290. The third kappa shape index (κ3) is 5.08. The van der Waals surface area contributed by atoms with Gasteiger partial charge in [0.15, 0.2) is 0 Å². The molecule has 150 valence electrons. The molecule has 3 rings (SSSR count). The van der Waals surface area contributed by atoms with Crippen LogP contribution in [0, 0.1) is 6.92 Å². The Labute approximate surface area is 180 Å². The van der Waals surface area contributed by atoms with E-state index in [1.54, 1.807) is 24.3 Å². The summed E-state index contributed by atoms with van der Waals surface area (Å²) >= 11 is 7.59. The van der Waals surface area contributed by atoms with E-state index < -0.39 is 0 Å². The summed E-state index contributed by atoms with van der Waals surface area (Å²) in [5.41, 5.74) is 4.68. The van der Waals surface area contributed by atoms with Gasteiger partial charge in [0, 0.05) is 16.5 Å². The van der Waals surface area contributed by atoms with Crippen LogP contribution in [-0.2, 0) is 4.74 Å². The van der Waals surface area contributed by atoms with Crippen molar-refractivity contribution < 1.29 is 9.53 Å². The highest BCUT2D eigenvalue weighted by Crippen LogP contribution is 2.33. The number of hydrogen-bond acceptors (Lipinski definition) is 6. The maximum Gasteiger partial charge on any atom is 0.337 e. The third-order valence-corrected chi connectivity index (χ3v) is 5.36. The molecule has 0 spiro atoms. The summed E-state index contributed by atoms with van der Waals surface area (Å²) in [6, 6.07) is 15.1. The minimum absolute atomic E-state index is 0.352. The van der Waals surface area contributed by atoms with E-state index in [1.807, 2.05) is 6.07 Å². The Morgan fingerprint density at radius 2 is 1.90 bits per heavy atom. The van der Waals surface area contributed by atoms with Gasteiger partial charge < -0.3 is 4.74 Å². The predicted molar refractivity (Wildman–Crippen MR) is 119 cm³/mol. The molecule has 0 aliphatic rings. The Kier molecular flexibility index (Phi) is 6.77. The molecule has 0 unspecified atom stereocenters. The van der Waals surface area contributed by atoms with Crippen LogP contribution in [-0.4, -0.2) is 23.0 Å². The Morgan fingerprint density at radius 1 is 1.14 bits per heavy atom. The molecule has 7 heteroatoms. The van der Waals surface area contributed by atoms with E-state index in [9.17, 15) is 4.79 Å². The van der Waals surface area contributed by atoms with Crippen LogP contribution in [0.3, 0.4) is 0 Å². The summed E-state index contributed by atoms with van der Waals surface area (Å²) in [4.78, 5) is 21.5. The third-order valence-electron chi connectivity index (χ3n) is 4.39. The number of ether oxygens (including phenoxy) is 1. The van der Waals surface area contributed by atoms with Gasteiger partial charge in [0.05, 0.1) is 18.4 Å². The van der Waals surface area contributed by atoms with Crippen LogP contribution in [0.4, 0.5) is 5.95 Å². The van der Waals surface area contributed by atoms with Gasteiger partial charge in [0.1, 0.15) is 5.15 Å². The molecule has 0 amide bonds. The molecule has 0 fully saturated rings. The fourth-order valence-electron chi connectivity index (χ4n) is 3.02. The number of esters is 1. The van der Waals surface area contributed by atoms with Gasteiger partial charge >= 0.3 is 5.97 Å². The molecular weight excluding hydrogens is 406 g/mol. The number of methoxy groups -OCH3 is 1. The number of anilines is 1. The first-order valence-corrected chi connectivity index (χ1v) is 10.3. The Hall–Kier alpha value is -2.57. The van der Waals surface area contributed by atoms with Crippen molar-refractivity contribution >= 4 is 35.5 Å². The van der Waals surface area contributed by atoms with Crippen molar-refractivity contribution in [2.75, 3.05) is 11.8 Å². The summed E-state index contributed by atoms with van der Waals surface area (Å²) in [6.07, 6.45) is 0. The maximum atomic E-state index is 11.7. The zero-order chi connectivity index (χ0) is 21.0. The van der Waals surface area contributed by atoms with Crippen molar-refractivity contribution in [3.8, 4) is 11.3 Å². The molecule has 1 N–H and O–H groups in total. The predicted octanol–water partition coefficient (Wildman–Crippen LogP) is 6.13. The van der Waals surface area contributed by atoms with Gasteiger partial charge in [0.25, 0.3) is 0 Å². The van der Waals surface area contributed by atoms with Crippen LogP contribution < -0.4 is 4.72 Å². The van der Waals surface area contributed by atoms with Crippen LogP contribution in [0.15, 0.2) is 53.4 Å². The SMILES string of the molecule is COC(=O)c1cccc(SNc2nc(Cl)cc(-c3c(C)cccc3C(C)C)n2)c1. The molecule has 0 radical (unpaired) electrons. The molecule has 2 aromatic carbocycles. The van der Waals surface area contributed by atoms with Crippen LogP contribution >= 0.6 is 23.5 Å². The van der Waals surface area contributed by atoms with E-state index in [0.717, 1.165) is 21.7 Å². The second kappa shape index (κ2) is 9.29. The lowest BCUT2D eigenvalue weighted by Gasteiger charge is -2.16. The van der Waals surface area contributed by atoms with E-state index in [0.29, 0.717) is 22.6 Å². The number of aromatic nitrogens is 2. The molecule has 0 saturated carbocycles. The summed E-state index contributed by atoms with van der Waals surface area (Å²) < 4.78 is 7.89. The number of halogens is 1. The second-order valence-corrected chi connectivity index (χ2v) is 8.08. The summed E-state index contributed by atoms with van der Waals surface area (Å²) in [7, 11) is 1.36. The van der Waals surface area contributed by atoms with Crippen molar-refractivity contribution in [1.29, 1.82) is 0 Å². The highest BCUT2D eigenvalue weighted by molar-refractivity contribution is 8.00. The van der Waals surface area contributed by atoms with Gasteiger partial charge in [-0.25, -0.2) is 14.8 Å². The van der Waals surface area contributed by atoms with Crippen LogP contribution in [0.1, 0.15) is 41.3 Å². The number of nitrogens with one attached hydrogen (secondary N) is 1. The molecule has 5 nitrogen and oxygen atoms in total. The monoisotopic (exact) mass is 427 g/mol. The number of nitrogens with zero attached hydrogens (tertiary/aromatic N) is 2. The highest BCUT2D eigenvalue weighted by atomic mass is 35.5. The van der Waals surface area contributed by atoms with Gasteiger partial charge in [0.2, 0.25) is 5.95 Å². The van der Waals surface area contributed by atoms with Crippen LogP contribution in [0.5, 0.6) is 0 Å². The normalized spacial score (nSPS) is 10.8. The fraction of sp³-hybridized carbons (Fsp3) is 0.227. The summed E-state index contributed by atoms with van der Waals surface area (Å²) in [6.45, 7) is 6.38. The van der Waals surface area contributed by atoms with Gasteiger partial charge in [-0.15, -0.1) is 0 Å². The second-order valence-electron chi connectivity index (χ2n) is 6.82. The molecule has 0 aliphatic heterocycles. The van der Waals surface area contributed by atoms with Crippen molar-refractivity contribution in [2.24, 2.45) is 0 Å². The first-order chi connectivity index (χ1) is 13.9. The number of carbonyl (C=O) groups is 1. The van der Waals surface area contributed by atoms with Gasteiger partial charge in [-0.05, 0) is 54.1 Å². The standard InChI is InChI=1S/C22H22ClN3O2S/c1-13(2)17-10-5-7-14(3)20(17)18-12-19(23)25-22(24-18)26-29-16-9-6-8-15(11-16)21(27)28-4/h5-13H,1-4H3,(H,24,25,26). The molecule has 0 saturated heterocycles. The maximum absolute atomic E-state index is 11.7. The summed E-state index contributed by atoms with van der Waals surface area (Å²) in [5.74, 6) is 0.374. The summed E-state index contributed by atoms with van der Waals surface area (Å²) in [5, 5.41) is 0.361. The Bertz CT molecular complexity index is 1040. The molecule has 29 heavy (non-hydrogen) atoms.